The Hall–Kier alpha value is -2.69. The second kappa shape index (κ2) is 11.6. The summed E-state index contributed by atoms with van der Waals surface area (Å²) >= 11 is 11.9. The molecule has 0 saturated carbocycles. The first kappa shape index (κ1) is 27.9. The van der Waals surface area contributed by atoms with E-state index in [0.29, 0.717) is 35.9 Å². The molecule has 36 heavy (non-hydrogen) atoms. The van der Waals surface area contributed by atoms with Gasteiger partial charge in [0.05, 0.1) is 22.2 Å². The normalized spacial score (nSPS) is 15.6. The summed E-state index contributed by atoms with van der Waals surface area (Å²) in [4.78, 5) is 5.89. The number of benzene rings is 2. The molecular weight excluding hydrogens is 542 g/mol. The molecule has 3 aromatic rings. The minimum atomic E-state index is -4.64. The van der Waals surface area contributed by atoms with Gasteiger partial charge in [-0.3, -0.25) is 5.41 Å². The van der Waals surface area contributed by atoms with Crippen LogP contribution < -0.4 is 10.5 Å². The van der Waals surface area contributed by atoms with E-state index >= 15 is 0 Å². The van der Waals surface area contributed by atoms with Crippen LogP contribution >= 0.6 is 35.6 Å². The van der Waals surface area contributed by atoms with E-state index in [0.717, 1.165) is 18.1 Å². The molecule has 0 amide bonds. The number of rotatable bonds is 7. The molecule has 1 aromatic heterocycles. The fraction of sp³-hybridized carbons (Fsp3) is 0.348. The van der Waals surface area contributed by atoms with Crippen LogP contribution in [-0.2, 0) is 12.6 Å². The Morgan fingerprint density at radius 1 is 1.19 bits per heavy atom. The summed E-state index contributed by atoms with van der Waals surface area (Å²) in [6.07, 6.45) is -2.14. The lowest BCUT2D eigenvalue weighted by molar-refractivity contribution is -0.138. The number of nitrogens with zero attached hydrogens (tertiary/aromatic N) is 3. The van der Waals surface area contributed by atoms with Gasteiger partial charge in [-0.15, -0.1) is 12.4 Å². The molecule has 1 aliphatic heterocycles. The van der Waals surface area contributed by atoms with Gasteiger partial charge >= 0.3 is 6.18 Å². The molecule has 13 heteroatoms. The zero-order valence-electron chi connectivity index (χ0n) is 18.8. The van der Waals surface area contributed by atoms with Crippen molar-refractivity contribution in [2.24, 2.45) is 5.73 Å². The number of hydrogen-bond acceptors (Lipinski definition) is 5. The van der Waals surface area contributed by atoms with Crippen LogP contribution in [0.1, 0.15) is 42.3 Å². The number of ether oxygens (including phenoxy) is 1. The van der Waals surface area contributed by atoms with Gasteiger partial charge in [-0.2, -0.15) is 18.2 Å². The molecular formula is C23H23Cl3F3N5O2. The molecule has 0 spiro atoms. The Bertz CT molecular complexity index is 1220. The molecule has 0 aliphatic carbocycles. The van der Waals surface area contributed by atoms with E-state index < -0.39 is 11.7 Å². The third-order valence-electron chi connectivity index (χ3n) is 5.68. The second-order valence-electron chi connectivity index (χ2n) is 8.10. The van der Waals surface area contributed by atoms with E-state index in [1.165, 1.54) is 12.1 Å². The van der Waals surface area contributed by atoms with Gasteiger partial charge in [0, 0.05) is 12.1 Å². The molecule has 7 nitrogen and oxygen atoms in total. The largest absolute Gasteiger partial charge is 0.493 e. The summed E-state index contributed by atoms with van der Waals surface area (Å²) < 4.78 is 52.1. The predicted octanol–water partition coefficient (Wildman–Crippen LogP) is 6.53. The van der Waals surface area contributed by atoms with Crippen molar-refractivity contribution in [3.8, 4) is 17.1 Å². The van der Waals surface area contributed by atoms with Crippen molar-refractivity contribution in [1.29, 1.82) is 5.41 Å². The SMILES string of the molecule is Cl.N=C(N)N1CCCC1c1nc(-c2ccc(OCCCc3ccc(Cl)c(Cl)c3)c(C(F)(F)F)c2)no1. The maximum absolute atomic E-state index is 13.8. The molecule has 1 unspecified atom stereocenters. The summed E-state index contributed by atoms with van der Waals surface area (Å²) in [6.45, 7) is 0.657. The molecule has 194 valence electrons. The molecule has 0 bridgehead atoms. The van der Waals surface area contributed by atoms with Crippen molar-refractivity contribution in [3.63, 3.8) is 0 Å². The molecule has 1 fully saturated rings. The van der Waals surface area contributed by atoms with Gasteiger partial charge in [-0.1, -0.05) is 34.4 Å². The topological polar surface area (TPSA) is 101 Å². The van der Waals surface area contributed by atoms with Crippen LogP contribution in [0.4, 0.5) is 13.2 Å². The quantitative estimate of drug-likeness (QED) is 0.192. The van der Waals surface area contributed by atoms with Crippen LogP contribution in [0.5, 0.6) is 5.75 Å². The van der Waals surface area contributed by atoms with Crippen LogP contribution in [0.25, 0.3) is 11.4 Å². The van der Waals surface area contributed by atoms with E-state index in [1.54, 1.807) is 17.0 Å². The number of likely N-dealkylation sites (tertiary alicyclic amines) is 1. The molecule has 3 N–H and O–H groups in total. The third kappa shape index (κ3) is 6.35. The number of aromatic nitrogens is 2. The zero-order valence-corrected chi connectivity index (χ0v) is 21.1. The fourth-order valence-electron chi connectivity index (χ4n) is 3.97. The summed E-state index contributed by atoms with van der Waals surface area (Å²) in [6, 6.07) is 8.49. The summed E-state index contributed by atoms with van der Waals surface area (Å²) in [5, 5.41) is 12.4. The first-order valence-corrected chi connectivity index (χ1v) is 11.6. The van der Waals surface area contributed by atoms with Gasteiger partial charge in [0.2, 0.25) is 11.7 Å². The van der Waals surface area contributed by atoms with Gasteiger partial charge in [0.15, 0.2) is 5.96 Å². The molecule has 1 atom stereocenters. The number of hydrogen-bond donors (Lipinski definition) is 2. The van der Waals surface area contributed by atoms with Crippen LogP contribution in [0.3, 0.4) is 0 Å². The van der Waals surface area contributed by atoms with Gasteiger partial charge in [0.25, 0.3) is 0 Å². The highest BCUT2D eigenvalue weighted by atomic mass is 35.5. The molecule has 2 aromatic carbocycles. The number of nitrogens with two attached hydrogens (primary N) is 1. The van der Waals surface area contributed by atoms with Gasteiger partial charge in [-0.25, -0.2) is 0 Å². The average molecular weight is 565 g/mol. The Morgan fingerprint density at radius 2 is 1.97 bits per heavy atom. The first-order chi connectivity index (χ1) is 16.6. The van der Waals surface area contributed by atoms with E-state index in [2.05, 4.69) is 10.1 Å². The van der Waals surface area contributed by atoms with Crippen LogP contribution in [0, 0.1) is 5.41 Å². The van der Waals surface area contributed by atoms with Crippen LogP contribution in [-0.4, -0.2) is 34.2 Å². The highest BCUT2D eigenvalue weighted by Gasteiger charge is 2.36. The lowest BCUT2D eigenvalue weighted by Crippen LogP contribution is -2.35. The molecule has 2 heterocycles. The van der Waals surface area contributed by atoms with Gasteiger partial charge in [-0.05, 0) is 61.6 Å². The minimum Gasteiger partial charge on any atom is -0.493 e. The average Bonchev–Trinajstić information content (AvgIpc) is 3.48. The van der Waals surface area contributed by atoms with E-state index in [4.69, 9.17) is 43.6 Å². The van der Waals surface area contributed by atoms with E-state index in [1.807, 2.05) is 6.07 Å². The third-order valence-corrected chi connectivity index (χ3v) is 6.42. The number of aryl methyl sites for hydroxylation is 1. The van der Waals surface area contributed by atoms with E-state index in [9.17, 15) is 13.2 Å². The number of alkyl halides is 3. The van der Waals surface area contributed by atoms with Crippen molar-refractivity contribution in [2.75, 3.05) is 13.2 Å². The smallest absolute Gasteiger partial charge is 0.419 e. The molecule has 0 radical (unpaired) electrons. The fourth-order valence-corrected chi connectivity index (χ4v) is 4.29. The first-order valence-electron chi connectivity index (χ1n) is 10.9. The minimum absolute atomic E-state index is 0. The van der Waals surface area contributed by atoms with Crippen molar-refractivity contribution in [3.05, 3.63) is 63.5 Å². The summed E-state index contributed by atoms with van der Waals surface area (Å²) in [7, 11) is 0. The molecule has 1 saturated heterocycles. The van der Waals surface area contributed by atoms with Crippen molar-refractivity contribution in [1.82, 2.24) is 15.0 Å². The number of nitrogens with one attached hydrogen (secondary N) is 1. The highest BCUT2D eigenvalue weighted by molar-refractivity contribution is 6.42. The van der Waals surface area contributed by atoms with Crippen molar-refractivity contribution >= 4 is 41.6 Å². The predicted molar refractivity (Wildman–Crippen MR) is 133 cm³/mol. The maximum atomic E-state index is 13.8. The van der Waals surface area contributed by atoms with Crippen LogP contribution in [0.15, 0.2) is 40.9 Å². The van der Waals surface area contributed by atoms with Crippen molar-refractivity contribution < 1.29 is 22.4 Å². The lowest BCUT2D eigenvalue weighted by Gasteiger charge is -2.21. The second-order valence-corrected chi connectivity index (χ2v) is 8.92. The Balaban J connectivity index is 0.00000361. The lowest BCUT2D eigenvalue weighted by atomic mass is 10.1. The summed E-state index contributed by atoms with van der Waals surface area (Å²) in [5.74, 6) is -0.166. The monoisotopic (exact) mass is 563 g/mol. The number of guanidine groups is 1. The van der Waals surface area contributed by atoms with Crippen molar-refractivity contribution in [2.45, 2.75) is 37.9 Å². The zero-order chi connectivity index (χ0) is 25.2. The maximum Gasteiger partial charge on any atom is 0.419 e. The Morgan fingerprint density at radius 3 is 2.67 bits per heavy atom. The van der Waals surface area contributed by atoms with E-state index in [-0.39, 0.29) is 54.0 Å². The molecule has 4 rings (SSSR count). The van der Waals surface area contributed by atoms with Crippen LogP contribution in [0.2, 0.25) is 10.0 Å². The highest BCUT2D eigenvalue weighted by Crippen LogP contribution is 2.39. The summed E-state index contributed by atoms with van der Waals surface area (Å²) in [5.41, 5.74) is 5.72. The Kier molecular flexibility index (Phi) is 8.97. The van der Waals surface area contributed by atoms with Gasteiger partial charge in [0.1, 0.15) is 11.8 Å². The Labute approximate surface area is 221 Å². The standard InChI is InChI=1S/C23H22Cl2F3N5O2.ClH/c24-16-7-5-13(11-17(16)25)3-2-10-34-19-8-6-14(12-15(19)23(26,27)28)20-31-21(35-32-20)18-4-1-9-33(18)22(29)30;/h5-8,11-12,18H,1-4,9-10H2,(H3,29,30);1H. The number of halogens is 6. The van der Waals surface area contributed by atoms with Gasteiger partial charge < -0.3 is 19.9 Å². The molecule has 1 aliphatic rings.